The monoisotopic (exact) mass is 235 g/mol. The van der Waals surface area contributed by atoms with Gasteiger partial charge in [0, 0.05) is 12.2 Å². The molecule has 1 amide bonds. The van der Waals surface area contributed by atoms with Crippen LogP contribution < -0.4 is 11.1 Å². The zero-order valence-electron chi connectivity index (χ0n) is 9.60. The van der Waals surface area contributed by atoms with Crippen molar-refractivity contribution in [3.63, 3.8) is 0 Å². The Balaban J connectivity index is 1.92. The minimum absolute atomic E-state index is 0.154. The minimum Gasteiger partial charge on any atom is -0.393 e. The highest BCUT2D eigenvalue weighted by Crippen LogP contribution is 2.21. The molecule has 17 heavy (non-hydrogen) atoms. The van der Waals surface area contributed by atoms with Gasteiger partial charge in [0.05, 0.1) is 11.7 Å². The van der Waals surface area contributed by atoms with Crippen molar-refractivity contribution in [3.8, 4) is 0 Å². The van der Waals surface area contributed by atoms with E-state index in [1.165, 1.54) is 6.20 Å². The van der Waals surface area contributed by atoms with Crippen molar-refractivity contribution < 1.29 is 9.90 Å². The summed E-state index contributed by atoms with van der Waals surface area (Å²) < 4.78 is 0. The first-order valence-electron chi connectivity index (χ1n) is 5.85. The summed E-state index contributed by atoms with van der Waals surface area (Å²) in [6.07, 6.45) is 4.87. The number of primary amides is 1. The number of aliphatic hydroxyl groups excluding tert-OH is 1. The van der Waals surface area contributed by atoms with Crippen molar-refractivity contribution >= 4 is 11.7 Å². The van der Waals surface area contributed by atoms with E-state index in [1.807, 2.05) is 0 Å². The Morgan fingerprint density at radius 2 is 2.06 bits per heavy atom. The summed E-state index contributed by atoms with van der Waals surface area (Å²) in [5, 5.41) is 12.7. The SMILES string of the molecule is NC(=O)c1ccc(NC2CCC(O)CC2)nc1. The van der Waals surface area contributed by atoms with Gasteiger partial charge in [-0.05, 0) is 37.8 Å². The molecule has 0 aromatic carbocycles. The van der Waals surface area contributed by atoms with Crippen LogP contribution in [0.3, 0.4) is 0 Å². The molecule has 1 fully saturated rings. The van der Waals surface area contributed by atoms with E-state index in [2.05, 4.69) is 10.3 Å². The van der Waals surface area contributed by atoms with E-state index >= 15 is 0 Å². The number of anilines is 1. The molecular formula is C12H17N3O2. The Labute approximate surface area is 100 Å². The fourth-order valence-electron chi connectivity index (χ4n) is 2.05. The van der Waals surface area contributed by atoms with Crippen molar-refractivity contribution in [1.29, 1.82) is 0 Å². The van der Waals surface area contributed by atoms with Crippen molar-refractivity contribution in [2.45, 2.75) is 37.8 Å². The third kappa shape index (κ3) is 3.17. The second-order valence-electron chi connectivity index (χ2n) is 4.45. The van der Waals surface area contributed by atoms with Crippen molar-refractivity contribution in [3.05, 3.63) is 23.9 Å². The first-order chi connectivity index (χ1) is 8.15. The molecule has 0 spiro atoms. The molecule has 1 saturated carbocycles. The number of nitrogens with one attached hydrogen (secondary N) is 1. The molecule has 0 atom stereocenters. The fourth-order valence-corrected chi connectivity index (χ4v) is 2.05. The van der Waals surface area contributed by atoms with Crippen molar-refractivity contribution in [2.24, 2.45) is 5.73 Å². The Bertz CT molecular complexity index is 383. The maximum absolute atomic E-state index is 10.9. The predicted molar refractivity (Wildman–Crippen MR) is 64.6 cm³/mol. The van der Waals surface area contributed by atoms with Crippen LogP contribution in [0.5, 0.6) is 0 Å². The maximum atomic E-state index is 10.9. The lowest BCUT2D eigenvalue weighted by molar-refractivity contribution is 0.1000. The first kappa shape index (κ1) is 11.9. The highest BCUT2D eigenvalue weighted by molar-refractivity contribution is 5.92. The second kappa shape index (κ2) is 5.14. The lowest BCUT2D eigenvalue weighted by Gasteiger charge is -2.26. The van der Waals surface area contributed by atoms with Crippen LogP contribution in [0.1, 0.15) is 36.0 Å². The Hall–Kier alpha value is -1.62. The predicted octanol–water partition coefficient (Wildman–Crippen LogP) is 0.896. The van der Waals surface area contributed by atoms with Crippen LogP contribution >= 0.6 is 0 Å². The van der Waals surface area contributed by atoms with Crippen LogP contribution in [-0.2, 0) is 0 Å². The topological polar surface area (TPSA) is 88.2 Å². The molecule has 1 aromatic rings. The van der Waals surface area contributed by atoms with E-state index in [0.717, 1.165) is 31.5 Å². The van der Waals surface area contributed by atoms with E-state index in [9.17, 15) is 9.90 Å². The molecule has 0 aliphatic heterocycles. The number of aliphatic hydroxyl groups is 1. The summed E-state index contributed by atoms with van der Waals surface area (Å²) in [6, 6.07) is 3.77. The fraction of sp³-hybridized carbons (Fsp3) is 0.500. The number of nitrogens with two attached hydrogens (primary N) is 1. The van der Waals surface area contributed by atoms with Crippen LogP contribution in [0.25, 0.3) is 0 Å². The van der Waals surface area contributed by atoms with Gasteiger partial charge in [-0.15, -0.1) is 0 Å². The number of hydrogen-bond acceptors (Lipinski definition) is 4. The Morgan fingerprint density at radius 1 is 1.35 bits per heavy atom. The quantitative estimate of drug-likeness (QED) is 0.726. The molecule has 4 N–H and O–H groups in total. The molecule has 1 heterocycles. The van der Waals surface area contributed by atoms with Crippen LogP contribution in [0.4, 0.5) is 5.82 Å². The minimum atomic E-state index is -0.468. The van der Waals surface area contributed by atoms with Crippen LogP contribution in [0.15, 0.2) is 18.3 Å². The Kier molecular flexibility index (Phi) is 3.58. The van der Waals surface area contributed by atoms with Gasteiger partial charge in [-0.2, -0.15) is 0 Å². The number of rotatable bonds is 3. The number of aromatic nitrogens is 1. The van der Waals surface area contributed by atoms with Gasteiger partial charge in [-0.1, -0.05) is 0 Å². The average Bonchev–Trinajstić information content (AvgIpc) is 2.33. The van der Waals surface area contributed by atoms with E-state index in [0.29, 0.717) is 11.6 Å². The molecule has 5 nitrogen and oxygen atoms in total. The molecule has 0 bridgehead atoms. The molecular weight excluding hydrogens is 218 g/mol. The van der Waals surface area contributed by atoms with E-state index in [-0.39, 0.29) is 6.10 Å². The van der Waals surface area contributed by atoms with Gasteiger partial charge in [0.15, 0.2) is 0 Å². The summed E-state index contributed by atoms with van der Waals surface area (Å²) in [7, 11) is 0. The second-order valence-corrected chi connectivity index (χ2v) is 4.45. The third-order valence-electron chi connectivity index (χ3n) is 3.10. The first-order valence-corrected chi connectivity index (χ1v) is 5.85. The van der Waals surface area contributed by atoms with E-state index in [4.69, 9.17) is 5.73 Å². The van der Waals surface area contributed by atoms with Crippen molar-refractivity contribution in [2.75, 3.05) is 5.32 Å². The number of carbonyl (C=O) groups is 1. The van der Waals surface area contributed by atoms with Gasteiger partial charge in [-0.25, -0.2) is 4.98 Å². The molecule has 0 unspecified atom stereocenters. The highest BCUT2D eigenvalue weighted by atomic mass is 16.3. The molecule has 0 radical (unpaired) electrons. The highest BCUT2D eigenvalue weighted by Gasteiger charge is 2.19. The number of carbonyl (C=O) groups excluding carboxylic acids is 1. The molecule has 1 aromatic heterocycles. The lowest BCUT2D eigenvalue weighted by Crippen LogP contribution is -2.28. The zero-order chi connectivity index (χ0) is 12.3. The molecule has 1 aliphatic carbocycles. The molecule has 5 heteroatoms. The summed E-state index contributed by atoms with van der Waals surface area (Å²) in [5.41, 5.74) is 5.55. The largest absolute Gasteiger partial charge is 0.393 e. The van der Waals surface area contributed by atoms with E-state index in [1.54, 1.807) is 12.1 Å². The van der Waals surface area contributed by atoms with Crippen LogP contribution in [-0.4, -0.2) is 28.1 Å². The van der Waals surface area contributed by atoms with Gasteiger partial charge >= 0.3 is 0 Å². The molecule has 0 saturated heterocycles. The van der Waals surface area contributed by atoms with Gasteiger partial charge in [0.2, 0.25) is 5.91 Å². The summed E-state index contributed by atoms with van der Waals surface area (Å²) >= 11 is 0. The summed E-state index contributed by atoms with van der Waals surface area (Å²) in [4.78, 5) is 15.0. The summed E-state index contributed by atoms with van der Waals surface area (Å²) in [5.74, 6) is 0.279. The van der Waals surface area contributed by atoms with Gasteiger partial charge in [0.1, 0.15) is 5.82 Å². The van der Waals surface area contributed by atoms with Crippen molar-refractivity contribution in [1.82, 2.24) is 4.98 Å². The van der Waals surface area contributed by atoms with Gasteiger partial charge in [0.25, 0.3) is 0 Å². The number of nitrogens with zero attached hydrogens (tertiary/aromatic N) is 1. The maximum Gasteiger partial charge on any atom is 0.250 e. The normalized spacial score (nSPS) is 24.3. The number of amides is 1. The number of hydrogen-bond donors (Lipinski definition) is 3. The molecule has 2 rings (SSSR count). The molecule has 1 aliphatic rings. The average molecular weight is 235 g/mol. The zero-order valence-corrected chi connectivity index (χ0v) is 9.60. The van der Waals surface area contributed by atoms with E-state index < -0.39 is 5.91 Å². The molecule has 92 valence electrons. The Morgan fingerprint density at radius 3 is 2.59 bits per heavy atom. The smallest absolute Gasteiger partial charge is 0.250 e. The summed E-state index contributed by atoms with van der Waals surface area (Å²) in [6.45, 7) is 0. The third-order valence-corrected chi connectivity index (χ3v) is 3.10. The van der Waals surface area contributed by atoms with Crippen LogP contribution in [0, 0.1) is 0 Å². The van der Waals surface area contributed by atoms with Gasteiger partial charge in [-0.3, -0.25) is 4.79 Å². The lowest BCUT2D eigenvalue weighted by atomic mass is 9.93. The number of pyridine rings is 1. The standard InChI is InChI=1S/C12H17N3O2/c13-12(17)8-1-6-11(14-7-8)15-9-2-4-10(16)5-3-9/h1,6-7,9-10,16H,2-5H2,(H2,13,17)(H,14,15). The van der Waals surface area contributed by atoms with Crippen LogP contribution in [0.2, 0.25) is 0 Å². The van der Waals surface area contributed by atoms with Gasteiger partial charge < -0.3 is 16.2 Å².